The molecule has 2 rings (SSSR count). The summed E-state index contributed by atoms with van der Waals surface area (Å²) in [5, 5.41) is 5.72. The molecule has 1 N–H and O–H groups in total. The summed E-state index contributed by atoms with van der Waals surface area (Å²) in [5.74, 6) is -0.252. The Hall–Kier alpha value is -2.41. The van der Waals surface area contributed by atoms with Gasteiger partial charge in [0.1, 0.15) is 12.4 Å². The van der Waals surface area contributed by atoms with E-state index in [2.05, 4.69) is 10.3 Å². The van der Waals surface area contributed by atoms with Gasteiger partial charge in [-0.25, -0.2) is 9.78 Å². The van der Waals surface area contributed by atoms with E-state index in [0.717, 1.165) is 10.7 Å². The number of benzene rings is 1. The van der Waals surface area contributed by atoms with Crippen molar-refractivity contribution < 1.29 is 19.1 Å². The van der Waals surface area contributed by atoms with Crippen LogP contribution in [-0.4, -0.2) is 28.5 Å². The van der Waals surface area contributed by atoms with Crippen molar-refractivity contribution >= 4 is 23.2 Å². The lowest BCUT2D eigenvalue weighted by molar-refractivity contribution is -0.130. The third kappa shape index (κ3) is 6.15. The molecule has 0 fully saturated rings. The molecule has 2 aromatic rings. The summed E-state index contributed by atoms with van der Waals surface area (Å²) in [6, 6.07) is 6.60. The average molecular weight is 376 g/mol. The van der Waals surface area contributed by atoms with E-state index in [0.29, 0.717) is 17.9 Å². The standard InChI is InChI=1S/C19H24N2O4S/c1-12(17(22)21-19(3,4)5)25-18(23)14-6-8-16(9-7-14)24-10-15-11-26-13(2)20-15/h6-9,11-12H,10H2,1-5H3,(H,21,22)/t12-/m0/s1. The fourth-order valence-electron chi connectivity index (χ4n) is 2.07. The molecule has 0 unspecified atom stereocenters. The summed E-state index contributed by atoms with van der Waals surface area (Å²) >= 11 is 1.57. The maximum atomic E-state index is 12.2. The third-order valence-corrected chi connectivity index (χ3v) is 4.12. The molecule has 140 valence electrons. The van der Waals surface area contributed by atoms with Crippen LogP contribution in [-0.2, 0) is 16.1 Å². The molecule has 0 aliphatic heterocycles. The van der Waals surface area contributed by atoms with Crippen LogP contribution in [0.2, 0.25) is 0 Å². The van der Waals surface area contributed by atoms with Gasteiger partial charge >= 0.3 is 5.97 Å². The van der Waals surface area contributed by atoms with Crippen molar-refractivity contribution in [1.82, 2.24) is 10.3 Å². The van der Waals surface area contributed by atoms with E-state index < -0.39 is 12.1 Å². The molecule has 0 saturated carbocycles. The molecule has 26 heavy (non-hydrogen) atoms. The molecule has 0 aliphatic rings. The van der Waals surface area contributed by atoms with E-state index in [1.165, 1.54) is 0 Å². The second kappa shape index (κ2) is 8.31. The number of ether oxygens (including phenoxy) is 2. The van der Waals surface area contributed by atoms with Crippen LogP contribution in [0.4, 0.5) is 0 Å². The highest BCUT2D eigenvalue weighted by Gasteiger charge is 2.22. The molecule has 0 saturated heterocycles. The molecular formula is C19H24N2O4S. The number of amides is 1. The zero-order chi connectivity index (χ0) is 19.3. The summed E-state index contributed by atoms with van der Waals surface area (Å²) < 4.78 is 10.9. The first-order valence-electron chi connectivity index (χ1n) is 8.31. The van der Waals surface area contributed by atoms with Crippen molar-refractivity contribution in [3.8, 4) is 5.75 Å². The summed E-state index contributed by atoms with van der Waals surface area (Å²) in [5.41, 5.74) is 0.846. The van der Waals surface area contributed by atoms with E-state index in [4.69, 9.17) is 9.47 Å². The van der Waals surface area contributed by atoms with E-state index in [-0.39, 0.29) is 11.4 Å². The zero-order valence-electron chi connectivity index (χ0n) is 15.7. The lowest BCUT2D eigenvalue weighted by atomic mass is 10.1. The quantitative estimate of drug-likeness (QED) is 0.781. The molecule has 0 aliphatic carbocycles. The molecule has 0 bridgehead atoms. The van der Waals surface area contributed by atoms with Gasteiger partial charge in [0.15, 0.2) is 6.10 Å². The number of carbonyl (C=O) groups is 2. The second-order valence-corrected chi connectivity index (χ2v) is 8.02. The lowest BCUT2D eigenvalue weighted by Crippen LogP contribution is -2.46. The Labute approximate surface area is 157 Å². The second-order valence-electron chi connectivity index (χ2n) is 6.96. The number of carbonyl (C=O) groups excluding carboxylic acids is 2. The molecule has 1 aromatic carbocycles. The van der Waals surface area contributed by atoms with E-state index in [1.54, 1.807) is 42.5 Å². The number of hydrogen-bond donors (Lipinski definition) is 1. The number of esters is 1. The SMILES string of the molecule is Cc1nc(COc2ccc(C(=O)O[C@@H](C)C(=O)NC(C)(C)C)cc2)cs1. The van der Waals surface area contributed by atoms with Crippen LogP contribution in [0, 0.1) is 6.92 Å². The van der Waals surface area contributed by atoms with Gasteiger partial charge in [-0.3, -0.25) is 4.79 Å². The topological polar surface area (TPSA) is 77.5 Å². The van der Waals surface area contributed by atoms with Crippen LogP contribution in [0.3, 0.4) is 0 Å². The number of nitrogens with one attached hydrogen (secondary N) is 1. The minimum absolute atomic E-state index is 0.329. The van der Waals surface area contributed by atoms with Crippen LogP contribution >= 0.6 is 11.3 Å². The lowest BCUT2D eigenvalue weighted by Gasteiger charge is -2.23. The molecule has 0 radical (unpaired) electrons. The molecular weight excluding hydrogens is 352 g/mol. The normalized spacial score (nSPS) is 12.3. The van der Waals surface area contributed by atoms with Crippen molar-refractivity contribution in [1.29, 1.82) is 0 Å². The predicted molar refractivity (Wildman–Crippen MR) is 100 cm³/mol. The zero-order valence-corrected chi connectivity index (χ0v) is 16.5. The Morgan fingerprint density at radius 3 is 2.42 bits per heavy atom. The molecule has 1 amide bonds. The number of hydrogen-bond acceptors (Lipinski definition) is 6. The number of nitrogens with zero attached hydrogens (tertiary/aromatic N) is 1. The minimum atomic E-state index is -0.870. The van der Waals surface area contributed by atoms with Gasteiger partial charge in [-0.2, -0.15) is 0 Å². The predicted octanol–water partition coefficient (Wildman–Crippen LogP) is 3.49. The van der Waals surface area contributed by atoms with Gasteiger partial charge in [-0.15, -0.1) is 11.3 Å². The van der Waals surface area contributed by atoms with Crippen molar-refractivity contribution in [2.75, 3.05) is 0 Å². The Morgan fingerprint density at radius 1 is 1.23 bits per heavy atom. The first-order chi connectivity index (χ1) is 12.1. The van der Waals surface area contributed by atoms with Gasteiger partial charge in [0.2, 0.25) is 0 Å². The van der Waals surface area contributed by atoms with Crippen LogP contribution in [0.1, 0.15) is 48.8 Å². The molecule has 6 nitrogen and oxygen atoms in total. The van der Waals surface area contributed by atoms with Crippen LogP contribution in [0.15, 0.2) is 29.6 Å². The summed E-state index contributed by atoms with van der Waals surface area (Å²) in [4.78, 5) is 28.5. The van der Waals surface area contributed by atoms with Gasteiger partial charge in [0, 0.05) is 10.9 Å². The Balaban J connectivity index is 1.88. The van der Waals surface area contributed by atoms with E-state index >= 15 is 0 Å². The van der Waals surface area contributed by atoms with Gasteiger partial charge in [-0.05, 0) is 58.9 Å². The third-order valence-electron chi connectivity index (χ3n) is 3.29. The Morgan fingerprint density at radius 2 is 1.88 bits per heavy atom. The number of thiazole rings is 1. The fourth-order valence-corrected chi connectivity index (χ4v) is 2.67. The highest BCUT2D eigenvalue weighted by molar-refractivity contribution is 7.09. The molecule has 7 heteroatoms. The van der Waals surface area contributed by atoms with Crippen molar-refractivity contribution in [2.45, 2.75) is 52.9 Å². The minimum Gasteiger partial charge on any atom is -0.487 e. The number of rotatable bonds is 6. The largest absolute Gasteiger partial charge is 0.487 e. The summed E-state index contributed by atoms with van der Waals surface area (Å²) in [7, 11) is 0. The smallest absolute Gasteiger partial charge is 0.338 e. The van der Waals surface area contributed by atoms with Crippen LogP contribution in [0.25, 0.3) is 0 Å². The number of aryl methyl sites for hydroxylation is 1. The molecule has 1 heterocycles. The van der Waals surface area contributed by atoms with Crippen molar-refractivity contribution in [3.05, 3.63) is 45.9 Å². The van der Waals surface area contributed by atoms with Crippen molar-refractivity contribution in [3.63, 3.8) is 0 Å². The van der Waals surface area contributed by atoms with Gasteiger partial charge in [0.25, 0.3) is 5.91 Å². The van der Waals surface area contributed by atoms with Crippen LogP contribution < -0.4 is 10.1 Å². The Kier molecular flexibility index (Phi) is 6.37. The average Bonchev–Trinajstić information content (AvgIpc) is 2.97. The summed E-state index contributed by atoms with van der Waals surface area (Å²) in [6.45, 7) is 9.46. The first-order valence-corrected chi connectivity index (χ1v) is 9.19. The number of aromatic nitrogens is 1. The van der Waals surface area contributed by atoms with Crippen molar-refractivity contribution in [2.24, 2.45) is 0 Å². The highest BCUT2D eigenvalue weighted by Crippen LogP contribution is 2.16. The van der Waals surface area contributed by atoms with Gasteiger partial charge in [0.05, 0.1) is 16.3 Å². The van der Waals surface area contributed by atoms with Gasteiger partial charge < -0.3 is 14.8 Å². The molecule has 1 atom stereocenters. The highest BCUT2D eigenvalue weighted by atomic mass is 32.1. The fraction of sp³-hybridized carbons (Fsp3) is 0.421. The molecule has 0 spiro atoms. The van der Waals surface area contributed by atoms with E-state index in [9.17, 15) is 9.59 Å². The Bertz CT molecular complexity index is 763. The van der Waals surface area contributed by atoms with E-state index in [1.807, 2.05) is 33.1 Å². The maximum Gasteiger partial charge on any atom is 0.338 e. The monoisotopic (exact) mass is 376 g/mol. The van der Waals surface area contributed by atoms with Crippen LogP contribution in [0.5, 0.6) is 5.75 Å². The first kappa shape index (κ1) is 19.9. The maximum absolute atomic E-state index is 12.2. The van der Waals surface area contributed by atoms with Gasteiger partial charge in [-0.1, -0.05) is 0 Å². The molecule has 1 aromatic heterocycles. The summed E-state index contributed by atoms with van der Waals surface area (Å²) in [6.07, 6.45) is -0.870.